The van der Waals surface area contributed by atoms with Crippen molar-refractivity contribution in [1.29, 1.82) is 0 Å². The Morgan fingerprint density at radius 1 is 0.882 bits per heavy atom. The number of nitrogens with zero attached hydrogens (tertiary/aromatic N) is 1. The molecule has 0 atom stereocenters. The average molecular weight is 226 g/mol. The molecule has 2 rings (SSSR count). The van der Waals surface area contributed by atoms with Gasteiger partial charge in [0.2, 0.25) is 0 Å². The Hall–Kier alpha value is -1.63. The third-order valence-electron chi connectivity index (χ3n) is 2.97. The molecule has 0 bridgehead atoms. The lowest BCUT2D eigenvalue weighted by molar-refractivity contribution is -0.688. The third kappa shape index (κ3) is 3.16. The summed E-state index contributed by atoms with van der Waals surface area (Å²) in [5.74, 6) is 0. The number of aromatic nitrogens is 1. The molecule has 0 aliphatic heterocycles. The van der Waals surface area contributed by atoms with E-state index in [1.165, 1.54) is 11.1 Å². The van der Waals surface area contributed by atoms with Gasteiger partial charge in [0.15, 0.2) is 18.9 Å². The fourth-order valence-electron chi connectivity index (χ4n) is 1.86. The summed E-state index contributed by atoms with van der Waals surface area (Å²) in [5.41, 5.74) is 2.94. The first-order valence-corrected chi connectivity index (χ1v) is 6.09. The summed E-state index contributed by atoms with van der Waals surface area (Å²) in [4.78, 5) is 0. The second-order valence-corrected chi connectivity index (χ2v) is 5.49. The van der Waals surface area contributed by atoms with Crippen LogP contribution in [0, 0.1) is 0 Å². The Balaban J connectivity index is 2.14. The fraction of sp³-hybridized carbons (Fsp3) is 0.312. The summed E-state index contributed by atoms with van der Waals surface area (Å²) < 4.78 is 2.21. The van der Waals surface area contributed by atoms with Crippen molar-refractivity contribution in [2.75, 3.05) is 0 Å². The molecule has 2 aromatic rings. The highest BCUT2D eigenvalue weighted by atomic mass is 14.9. The van der Waals surface area contributed by atoms with E-state index in [-0.39, 0.29) is 5.41 Å². The molecule has 88 valence electrons. The van der Waals surface area contributed by atoms with Gasteiger partial charge in [-0.2, -0.15) is 0 Å². The van der Waals surface area contributed by atoms with Gasteiger partial charge in [0.25, 0.3) is 0 Å². The molecule has 0 radical (unpaired) electrons. The lowest BCUT2D eigenvalue weighted by atomic mass is 9.88. The third-order valence-corrected chi connectivity index (χ3v) is 2.97. The van der Waals surface area contributed by atoms with Crippen LogP contribution in [-0.2, 0) is 12.0 Å². The summed E-state index contributed by atoms with van der Waals surface area (Å²) in [6.45, 7) is 7.66. The van der Waals surface area contributed by atoms with Crippen LogP contribution in [0.25, 0.3) is 0 Å². The average Bonchev–Trinajstić information content (AvgIpc) is 2.30. The van der Waals surface area contributed by atoms with Crippen LogP contribution in [0.5, 0.6) is 0 Å². The molecule has 0 amide bonds. The van der Waals surface area contributed by atoms with E-state index in [4.69, 9.17) is 0 Å². The molecule has 1 aromatic heterocycles. The van der Waals surface area contributed by atoms with Crippen molar-refractivity contribution >= 4 is 0 Å². The summed E-state index contributed by atoms with van der Waals surface area (Å²) >= 11 is 0. The molecule has 0 saturated carbocycles. The van der Waals surface area contributed by atoms with E-state index in [0.717, 1.165) is 6.54 Å². The number of rotatable bonds is 2. The van der Waals surface area contributed by atoms with Crippen LogP contribution in [0.1, 0.15) is 31.9 Å². The van der Waals surface area contributed by atoms with E-state index >= 15 is 0 Å². The van der Waals surface area contributed by atoms with Gasteiger partial charge in [0.1, 0.15) is 0 Å². The molecule has 0 fully saturated rings. The quantitative estimate of drug-likeness (QED) is 0.692. The monoisotopic (exact) mass is 226 g/mol. The summed E-state index contributed by atoms with van der Waals surface area (Å²) in [6, 6.07) is 15.0. The fourth-order valence-corrected chi connectivity index (χ4v) is 1.86. The Morgan fingerprint density at radius 3 is 2.00 bits per heavy atom. The second-order valence-electron chi connectivity index (χ2n) is 5.49. The molecule has 1 aromatic carbocycles. The van der Waals surface area contributed by atoms with E-state index in [2.05, 4.69) is 80.2 Å². The van der Waals surface area contributed by atoms with Crippen molar-refractivity contribution in [2.24, 2.45) is 0 Å². The van der Waals surface area contributed by atoms with Gasteiger partial charge in [-0.25, -0.2) is 4.57 Å². The number of benzene rings is 1. The molecular weight excluding hydrogens is 206 g/mol. The highest BCUT2D eigenvalue weighted by Crippen LogP contribution is 2.20. The smallest absolute Gasteiger partial charge is 0.173 e. The second kappa shape index (κ2) is 4.70. The van der Waals surface area contributed by atoms with E-state index in [1.807, 2.05) is 0 Å². The van der Waals surface area contributed by atoms with E-state index in [0.29, 0.717) is 0 Å². The summed E-state index contributed by atoms with van der Waals surface area (Å²) in [5, 5.41) is 0. The maximum atomic E-state index is 2.24. The van der Waals surface area contributed by atoms with E-state index in [9.17, 15) is 0 Å². The van der Waals surface area contributed by atoms with Gasteiger partial charge in [-0.3, -0.25) is 0 Å². The van der Waals surface area contributed by atoms with Gasteiger partial charge in [-0.05, 0) is 11.0 Å². The minimum absolute atomic E-state index is 0.228. The van der Waals surface area contributed by atoms with Gasteiger partial charge in [-0.15, -0.1) is 0 Å². The zero-order chi connectivity index (χ0) is 12.3. The van der Waals surface area contributed by atoms with Gasteiger partial charge in [0.05, 0.1) is 0 Å². The predicted octanol–water partition coefficient (Wildman–Crippen LogP) is 3.32. The summed E-state index contributed by atoms with van der Waals surface area (Å²) in [6.07, 6.45) is 4.32. The minimum Gasteiger partial charge on any atom is -0.201 e. The predicted molar refractivity (Wildman–Crippen MR) is 70.9 cm³/mol. The molecule has 0 unspecified atom stereocenters. The lowest BCUT2D eigenvalue weighted by Crippen LogP contribution is -2.33. The molecule has 0 aliphatic carbocycles. The van der Waals surface area contributed by atoms with Crippen LogP contribution in [0.2, 0.25) is 0 Å². The van der Waals surface area contributed by atoms with Gasteiger partial charge in [0, 0.05) is 17.7 Å². The molecule has 17 heavy (non-hydrogen) atoms. The highest BCUT2D eigenvalue weighted by Gasteiger charge is 2.14. The Labute approximate surface area is 104 Å². The first kappa shape index (κ1) is 11.8. The molecular formula is C16H20N+. The van der Waals surface area contributed by atoms with Gasteiger partial charge in [-0.1, -0.05) is 51.1 Å². The van der Waals surface area contributed by atoms with Crippen LogP contribution < -0.4 is 4.57 Å². The van der Waals surface area contributed by atoms with Crippen molar-refractivity contribution in [3.63, 3.8) is 0 Å². The van der Waals surface area contributed by atoms with Crippen molar-refractivity contribution in [1.82, 2.24) is 0 Å². The topological polar surface area (TPSA) is 3.88 Å². The van der Waals surface area contributed by atoms with Crippen molar-refractivity contribution in [3.05, 3.63) is 66.0 Å². The van der Waals surface area contributed by atoms with Crippen LogP contribution in [0.3, 0.4) is 0 Å². The molecule has 0 spiro atoms. The van der Waals surface area contributed by atoms with Crippen LogP contribution in [0.4, 0.5) is 0 Å². The van der Waals surface area contributed by atoms with Crippen molar-refractivity contribution in [3.8, 4) is 0 Å². The van der Waals surface area contributed by atoms with Gasteiger partial charge < -0.3 is 0 Å². The Bertz CT molecular complexity index is 463. The molecule has 0 N–H and O–H groups in total. The van der Waals surface area contributed by atoms with Crippen LogP contribution in [0.15, 0.2) is 54.9 Å². The molecule has 1 heterocycles. The molecule has 1 heteroatoms. The SMILES string of the molecule is CC(C)(C)c1cc[n+](Cc2ccccc2)cc1. The lowest BCUT2D eigenvalue weighted by Gasteiger charge is -2.17. The Morgan fingerprint density at radius 2 is 1.47 bits per heavy atom. The van der Waals surface area contributed by atoms with Crippen molar-refractivity contribution < 1.29 is 4.57 Å². The van der Waals surface area contributed by atoms with E-state index < -0.39 is 0 Å². The molecule has 1 nitrogen and oxygen atoms in total. The maximum Gasteiger partial charge on any atom is 0.173 e. The number of pyridine rings is 1. The standard InChI is InChI=1S/C16H20N/c1-16(2,3)15-9-11-17(12-10-15)13-14-7-5-4-6-8-14/h4-12H,13H2,1-3H3/q+1. The maximum absolute atomic E-state index is 2.24. The Kier molecular flexibility index (Phi) is 3.28. The van der Waals surface area contributed by atoms with E-state index in [1.54, 1.807) is 0 Å². The van der Waals surface area contributed by atoms with Gasteiger partial charge >= 0.3 is 0 Å². The van der Waals surface area contributed by atoms with Crippen LogP contribution in [-0.4, -0.2) is 0 Å². The number of hydrogen-bond acceptors (Lipinski definition) is 0. The summed E-state index contributed by atoms with van der Waals surface area (Å²) in [7, 11) is 0. The molecule has 0 saturated heterocycles. The minimum atomic E-state index is 0.228. The normalized spacial score (nSPS) is 11.5. The first-order valence-electron chi connectivity index (χ1n) is 6.09. The zero-order valence-electron chi connectivity index (χ0n) is 10.9. The number of hydrogen-bond donors (Lipinski definition) is 0. The van der Waals surface area contributed by atoms with Crippen molar-refractivity contribution in [2.45, 2.75) is 32.7 Å². The largest absolute Gasteiger partial charge is 0.201 e. The zero-order valence-corrected chi connectivity index (χ0v) is 10.9. The molecule has 0 aliphatic rings. The first-order chi connectivity index (χ1) is 8.05. The van der Waals surface area contributed by atoms with Crippen LogP contribution >= 0.6 is 0 Å². The highest BCUT2D eigenvalue weighted by molar-refractivity contribution is 5.18.